The van der Waals surface area contributed by atoms with Gasteiger partial charge in [-0.1, -0.05) is 26.0 Å². The highest BCUT2D eigenvalue weighted by atomic mass is 16.5. The molecule has 0 spiro atoms. The highest BCUT2D eigenvalue weighted by molar-refractivity contribution is 5.80. The lowest BCUT2D eigenvalue weighted by Gasteiger charge is -2.26. The molecule has 2 rings (SSSR count). The molecule has 1 saturated heterocycles. The van der Waals surface area contributed by atoms with E-state index in [1.54, 1.807) is 7.11 Å². The van der Waals surface area contributed by atoms with Crippen molar-refractivity contribution in [2.45, 2.75) is 26.3 Å². The molecule has 1 amide bonds. The van der Waals surface area contributed by atoms with Crippen LogP contribution in [0, 0.1) is 5.92 Å². The maximum Gasteiger partial charge on any atom is 0.225 e. The van der Waals surface area contributed by atoms with Gasteiger partial charge in [-0.15, -0.1) is 0 Å². The average molecular weight is 262 g/mol. The van der Waals surface area contributed by atoms with Gasteiger partial charge in [0.1, 0.15) is 5.75 Å². The zero-order chi connectivity index (χ0) is 13.8. The molecule has 0 unspecified atom stereocenters. The molecule has 1 heterocycles. The summed E-state index contributed by atoms with van der Waals surface area (Å²) in [6.45, 7) is 6.41. The Balaban J connectivity index is 2.04. The number of hydrogen-bond donors (Lipinski definition) is 2. The second kappa shape index (κ2) is 6.06. The first kappa shape index (κ1) is 13.9. The van der Waals surface area contributed by atoms with E-state index in [0.29, 0.717) is 12.5 Å². The number of ether oxygens (including phenoxy) is 1. The average Bonchev–Trinajstić information content (AvgIpc) is 2.33. The summed E-state index contributed by atoms with van der Waals surface area (Å²) in [5, 5.41) is 6.08. The Bertz CT molecular complexity index is 453. The first-order valence-corrected chi connectivity index (χ1v) is 6.77. The number of benzene rings is 1. The third kappa shape index (κ3) is 3.26. The number of amides is 1. The van der Waals surface area contributed by atoms with Crippen molar-refractivity contribution in [3.63, 3.8) is 0 Å². The Kier molecular flexibility index (Phi) is 4.43. The number of nitrogens with one attached hydrogen (secondary N) is 2. The number of hydrogen-bond acceptors (Lipinski definition) is 3. The zero-order valence-corrected chi connectivity index (χ0v) is 11.8. The van der Waals surface area contributed by atoms with Gasteiger partial charge in [-0.3, -0.25) is 4.79 Å². The summed E-state index contributed by atoms with van der Waals surface area (Å²) < 4.78 is 5.35. The lowest BCUT2D eigenvalue weighted by atomic mass is 9.99. The second-order valence-corrected chi connectivity index (χ2v) is 5.30. The summed E-state index contributed by atoms with van der Waals surface area (Å²) in [7, 11) is 1.66. The van der Waals surface area contributed by atoms with E-state index in [-0.39, 0.29) is 11.8 Å². The number of carbonyl (C=O) groups excluding carboxylic acids is 1. The van der Waals surface area contributed by atoms with Crippen LogP contribution in [0.3, 0.4) is 0 Å². The van der Waals surface area contributed by atoms with E-state index in [1.807, 2.05) is 6.07 Å². The van der Waals surface area contributed by atoms with Crippen molar-refractivity contribution >= 4 is 5.91 Å². The molecule has 1 aromatic rings. The minimum Gasteiger partial charge on any atom is -0.496 e. The van der Waals surface area contributed by atoms with Gasteiger partial charge in [0.05, 0.1) is 13.0 Å². The van der Waals surface area contributed by atoms with E-state index in [0.717, 1.165) is 24.4 Å². The predicted octanol–water partition coefficient (Wildman–Crippen LogP) is 1.65. The Hall–Kier alpha value is -1.55. The Morgan fingerprint density at radius 2 is 2.21 bits per heavy atom. The lowest BCUT2D eigenvalue weighted by Crippen LogP contribution is -2.50. The molecular formula is C15H22N2O2. The molecule has 4 heteroatoms. The third-order valence-electron chi connectivity index (χ3n) is 3.58. The topological polar surface area (TPSA) is 50.4 Å². The van der Waals surface area contributed by atoms with Crippen LogP contribution in [0.25, 0.3) is 0 Å². The molecule has 1 aliphatic heterocycles. The molecular weight excluding hydrogens is 240 g/mol. The van der Waals surface area contributed by atoms with Crippen LogP contribution in [-0.4, -0.2) is 26.1 Å². The van der Waals surface area contributed by atoms with Gasteiger partial charge in [-0.2, -0.15) is 0 Å². The molecule has 1 fully saturated rings. The van der Waals surface area contributed by atoms with Crippen LogP contribution < -0.4 is 15.4 Å². The van der Waals surface area contributed by atoms with Crippen LogP contribution in [0.2, 0.25) is 0 Å². The summed E-state index contributed by atoms with van der Waals surface area (Å²) in [5.41, 5.74) is 2.30. The van der Waals surface area contributed by atoms with E-state index >= 15 is 0 Å². The van der Waals surface area contributed by atoms with Crippen molar-refractivity contribution in [3.05, 3.63) is 29.3 Å². The summed E-state index contributed by atoms with van der Waals surface area (Å²) >= 11 is 0. The van der Waals surface area contributed by atoms with Gasteiger partial charge < -0.3 is 15.4 Å². The number of rotatable bonds is 5. The van der Waals surface area contributed by atoms with Crippen LogP contribution >= 0.6 is 0 Å². The third-order valence-corrected chi connectivity index (χ3v) is 3.58. The maximum absolute atomic E-state index is 11.8. The maximum atomic E-state index is 11.8. The predicted molar refractivity (Wildman–Crippen MR) is 75.3 cm³/mol. The van der Waals surface area contributed by atoms with Crippen molar-refractivity contribution in [2.24, 2.45) is 5.92 Å². The summed E-state index contributed by atoms with van der Waals surface area (Å²) in [6.07, 6.45) is 0. The Labute approximate surface area is 114 Å². The molecule has 0 aromatic heterocycles. The summed E-state index contributed by atoms with van der Waals surface area (Å²) in [6, 6.07) is 6.16. The lowest BCUT2D eigenvalue weighted by molar-refractivity contribution is -0.126. The van der Waals surface area contributed by atoms with E-state index in [4.69, 9.17) is 4.74 Å². The molecule has 0 atom stereocenters. The van der Waals surface area contributed by atoms with E-state index < -0.39 is 0 Å². The molecule has 19 heavy (non-hydrogen) atoms. The quantitative estimate of drug-likeness (QED) is 0.848. The van der Waals surface area contributed by atoms with Gasteiger partial charge in [-0.05, 0) is 17.5 Å². The fourth-order valence-corrected chi connectivity index (χ4v) is 2.10. The second-order valence-electron chi connectivity index (χ2n) is 5.30. The van der Waals surface area contributed by atoms with Crippen molar-refractivity contribution in [2.75, 3.05) is 20.2 Å². The van der Waals surface area contributed by atoms with Crippen molar-refractivity contribution in [1.82, 2.24) is 10.6 Å². The van der Waals surface area contributed by atoms with E-state index in [2.05, 4.69) is 36.6 Å². The standard InChI is InChI=1S/C15H22N2O2/c1-10(2)11-4-5-14(19-3)12(6-11)9-17-15(18)13-7-16-8-13/h4-6,10,13,16H,7-9H2,1-3H3,(H,17,18). The fraction of sp³-hybridized carbons (Fsp3) is 0.533. The highest BCUT2D eigenvalue weighted by Crippen LogP contribution is 2.24. The molecule has 104 valence electrons. The fourth-order valence-electron chi connectivity index (χ4n) is 2.10. The molecule has 4 nitrogen and oxygen atoms in total. The van der Waals surface area contributed by atoms with Crippen LogP contribution in [-0.2, 0) is 11.3 Å². The number of carbonyl (C=O) groups is 1. The van der Waals surface area contributed by atoms with Gasteiger partial charge >= 0.3 is 0 Å². The monoisotopic (exact) mass is 262 g/mol. The van der Waals surface area contributed by atoms with Gasteiger partial charge in [0.15, 0.2) is 0 Å². The van der Waals surface area contributed by atoms with E-state index in [1.165, 1.54) is 5.56 Å². The molecule has 2 N–H and O–H groups in total. The van der Waals surface area contributed by atoms with Crippen molar-refractivity contribution in [1.29, 1.82) is 0 Å². The van der Waals surface area contributed by atoms with E-state index in [9.17, 15) is 4.79 Å². The van der Waals surface area contributed by atoms with Gasteiger partial charge in [0.25, 0.3) is 0 Å². The molecule has 1 aromatic carbocycles. The largest absolute Gasteiger partial charge is 0.496 e. The minimum absolute atomic E-state index is 0.121. The Morgan fingerprint density at radius 3 is 2.74 bits per heavy atom. The first-order chi connectivity index (χ1) is 9.11. The normalized spacial score (nSPS) is 15.2. The van der Waals surface area contributed by atoms with Crippen LogP contribution in [0.5, 0.6) is 5.75 Å². The van der Waals surface area contributed by atoms with Gasteiger partial charge in [-0.25, -0.2) is 0 Å². The summed E-state index contributed by atoms with van der Waals surface area (Å²) in [4.78, 5) is 11.8. The number of methoxy groups -OCH3 is 1. The van der Waals surface area contributed by atoms with Gasteiger partial charge in [0, 0.05) is 25.2 Å². The van der Waals surface area contributed by atoms with Gasteiger partial charge in [0.2, 0.25) is 5.91 Å². The molecule has 0 radical (unpaired) electrons. The SMILES string of the molecule is COc1ccc(C(C)C)cc1CNC(=O)C1CNC1. The minimum atomic E-state index is 0.121. The van der Waals surface area contributed by atoms with Crippen molar-refractivity contribution < 1.29 is 9.53 Å². The highest BCUT2D eigenvalue weighted by Gasteiger charge is 2.24. The smallest absolute Gasteiger partial charge is 0.225 e. The molecule has 0 bridgehead atoms. The first-order valence-electron chi connectivity index (χ1n) is 6.77. The summed E-state index contributed by atoms with van der Waals surface area (Å²) in [5.74, 6) is 1.54. The van der Waals surface area contributed by atoms with Crippen LogP contribution in [0.15, 0.2) is 18.2 Å². The van der Waals surface area contributed by atoms with Crippen LogP contribution in [0.4, 0.5) is 0 Å². The van der Waals surface area contributed by atoms with Crippen LogP contribution in [0.1, 0.15) is 30.9 Å². The molecule has 0 aliphatic carbocycles. The molecule has 1 aliphatic rings. The van der Waals surface area contributed by atoms with Crippen molar-refractivity contribution in [3.8, 4) is 5.75 Å². The Morgan fingerprint density at radius 1 is 1.47 bits per heavy atom. The zero-order valence-electron chi connectivity index (χ0n) is 11.8. The molecule has 0 saturated carbocycles.